The van der Waals surface area contributed by atoms with Crippen LogP contribution in [0, 0.1) is 11.3 Å². The van der Waals surface area contributed by atoms with Crippen LogP contribution < -0.4 is 10.6 Å². The fourth-order valence-corrected chi connectivity index (χ4v) is 1.35. The molecule has 4 nitrogen and oxygen atoms in total. The van der Waals surface area contributed by atoms with E-state index in [1.165, 1.54) is 0 Å². The summed E-state index contributed by atoms with van der Waals surface area (Å²) in [5.74, 6) is 0.802. The molecule has 0 radical (unpaired) electrons. The molecular formula is C13H18N4. The maximum atomic E-state index is 8.69. The predicted octanol–water partition coefficient (Wildman–Crippen LogP) is 1.63. The second-order valence-electron chi connectivity index (χ2n) is 3.66. The van der Waals surface area contributed by atoms with Crippen LogP contribution in [0.5, 0.6) is 0 Å². The lowest BCUT2D eigenvalue weighted by Crippen LogP contribution is -2.37. The van der Waals surface area contributed by atoms with Gasteiger partial charge in [-0.2, -0.15) is 5.26 Å². The van der Waals surface area contributed by atoms with Gasteiger partial charge >= 0.3 is 0 Å². The molecule has 17 heavy (non-hydrogen) atoms. The van der Waals surface area contributed by atoms with Crippen molar-refractivity contribution in [3.8, 4) is 6.07 Å². The van der Waals surface area contributed by atoms with E-state index in [9.17, 15) is 0 Å². The minimum atomic E-state index is 0.683. The fraction of sp³-hybridized carbons (Fsp3) is 0.385. The van der Waals surface area contributed by atoms with E-state index in [1.807, 2.05) is 24.3 Å². The first kappa shape index (κ1) is 13.0. The van der Waals surface area contributed by atoms with E-state index >= 15 is 0 Å². The van der Waals surface area contributed by atoms with E-state index in [2.05, 4.69) is 28.6 Å². The predicted molar refractivity (Wildman–Crippen MR) is 69.6 cm³/mol. The van der Waals surface area contributed by atoms with E-state index in [-0.39, 0.29) is 0 Å². The average Bonchev–Trinajstić information content (AvgIpc) is 2.39. The first-order chi connectivity index (χ1) is 8.30. The third-order valence-corrected chi connectivity index (χ3v) is 2.31. The molecule has 0 saturated carbocycles. The molecule has 0 aliphatic carbocycles. The standard InChI is InChI=1S/C13H18N4/c1-3-8-16-13(15-2)17-10-12-6-4-11(9-14)5-7-12/h4-7H,3,8,10H2,1-2H3,(H2,15,16,17). The molecule has 0 aliphatic heterocycles. The molecule has 1 aromatic carbocycles. The fourth-order valence-electron chi connectivity index (χ4n) is 1.35. The van der Waals surface area contributed by atoms with Gasteiger partial charge in [-0.25, -0.2) is 0 Å². The maximum absolute atomic E-state index is 8.69. The molecule has 0 saturated heterocycles. The molecule has 0 amide bonds. The molecule has 90 valence electrons. The molecule has 0 aromatic heterocycles. The van der Waals surface area contributed by atoms with Gasteiger partial charge in [-0.05, 0) is 24.1 Å². The van der Waals surface area contributed by atoms with Crippen LogP contribution in [0.25, 0.3) is 0 Å². The lowest BCUT2D eigenvalue weighted by molar-refractivity contribution is 0.781. The Bertz CT molecular complexity index is 400. The van der Waals surface area contributed by atoms with Gasteiger partial charge in [0.1, 0.15) is 0 Å². The molecule has 0 unspecified atom stereocenters. The molecule has 2 N–H and O–H groups in total. The van der Waals surface area contributed by atoms with Gasteiger partial charge in [0.25, 0.3) is 0 Å². The molecule has 0 heterocycles. The Morgan fingerprint density at radius 1 is 1.29 bits per heavy atom. The van der Waals surface area contributed by atoms with Crippen molar-refractivity contribution in [2.75, 3.05) is 13.6 Å². The summed E-state index contributed by atoms with van der Waals surface area (Å²) in [4.78, 5) is 4.12. The van der Waals surface area contributed by atoms with Crippen molar-refractivity contribution in [3.63, 3.8) is 0 Å². The number of hydrogen-bond acceptors (Lipinski definition) is 2. The van der Waals surface area contributed by atoms with Gasteiger partial charge in [-0.1, -0.05) is 19.1 Å². The van der Waals surface area contributed by atoms with E-state index in [1.54, 1.807) is 7.05 Å². The van der Waals surface area contributed by atoms with Crippen LogP contribution in [0.15, 0.2) is 29.3 Å². The Morgan fingerprint density at radius 3 is 2.53 bits per heavy atom. The summed E-state index contributed by atoms with van der Waals surface area (Å²) < 4.78 is 0. The second kappa shape index (κ2) is 7.29. The number of nitrogens with zero attached hydrogens (tertiary/aromatic N) is 2. The highest BCUT2D eigenvalue weighted by molar-refractivity contribution is 5.79. The molecule has 1 aromatic rings. The van der Waals surface area contributed by atoms with Crippen LogP contribution in [0.1, 0.15) is 24.5 Å². The SMILES string of the molecule is CCCNC(=NC)NCc1ccc(C#N)cc1. The van der Waals surface area contributed by atoms with Crippen LogP contribution in [-0.4, -0.2) is 19.6 Å². The van der Waals surface area contributed by atoms with Crippen LogP contribution in [0.3, 0.4) is 0 Å². The van der Waals surface area contributed by atoms with Crippen LogP contribution >= 0.6 is 0 Å². The highest BCUT2D eigenvalue weighted by Crippen LogP contribution is 2.02. The normalized spacial score (nSPS) is 10.8. The molecule has 0 fully saturated rings. The van der Waals surface area contributed by atoms with Gasteiger partial charge in [0.05, 0.1) is 11.6 Å². The third-order valence-electron chi connectivity index (χ3n) is 2.31. The summed E-state index contributed by atoms with van der Waals surface area (Å²) in [5.41, 5.74) is 1.81. The number of benzene rings is 1. The number of nitrogens with one attached hydrogen (secondary N) is 2. The largest absolute Gasteiger partial charge is 0.356 e. The number of hydrogen-bond donors (Lipinski definition) is 2. The van der Waals surface area contributed by atoms with E-state index in [4.69, 9.17) is 5.26 Å². The maximum Gasteiger partial charge on any atom is 0.191 e. The van der Waals surface area contributed by atoms with E-state index < -0.39 is 0 Å². The second-order valence-corrected chi connectivity index (χ2v) is 3.66. The minimum absolute atomic E-state index is 0.683. The summed E-state index contributed by atoms with van der Waals surface area (Å²) in [7, 11) is 1.75. The highest BCUT2D eigenvalue weighted by Gasteiger charge is 1.97. The average molecular weight is 230 g/mol. The number of nitriles is 1. The first-order valence-electron chi connectivity index (χ1n) is 5.73. The Labute approximate surface area is 102 Å². The van der Waals surface area contributed by atoms with Crippen molar-refractivity contribution in [1.29, 1.82) is 5.26 Å². The highest BCUT2D eigenvalue weighted by atomic mass is 15.2. The Balaban J connectivity index is 2.46. The third kappa shape index (κ3) is 4.56. The van der Waals surface area contributed by atoms with Crippen molar-refractivity contribution >= 4 is 5.96 Å². The van der Waals surface area contributed by atoms with Gasteiger partial charge < -0.3 is 10.6 Å². The smallest absolute Gasteiger partial charge is 0.191 e. The van der Waals surface area contributed by atoms with Crippen molar-refractivity contribution in [1.82, 2.24) is 10.6 Å². The summed E-state index contributed by atoms with van der Waals surface area (Å²) in [6.07, 6.45) is 1.07. The molecular weight excluding hydrogens is 212 g/mol. The lowest BCUT2D eigenvalue weighted by Gasteiger charge is -2.10. The van der Waals surface area contributed by atoms with Gasteiger partial charge in [0.2, 0.25) is 0 Å². The van der Waals surface area contributed by atoms with Crippen molar-refractivity contribution in [3.05, 3.63) is 35.4 Å². The molecule has 0 aliphatic rings. The zero-order valence-corrected chi connectivity index (χ0v) is 10.3. The summed E-state index contributed by atoms with van der Waals surface area (Å²) in [6.45, 7) is 3.73. The summed E-state index contributed by atoms with van der Waals surface area (Å²) in [6, 6.07) is 9.63. The van der Waals surface area contributed by atoms with Crippen LogP contribution in [0.4, 0.5) is 0 Å². The van der Waals surface area contributed by atoms with Gasteiger partial charge in [0, 0.05) is 20.1 Å². The Hall–Kier alpha value is -2.02. The van der Waals surface area contributed by atoms with Gasteiger partial charge in [-0.3, -0.25) is 4.99 Å². The lowest BCUT2D eigenvalue weighted by atomic mass is 10.1. The van der Waals surface area contributed by atoms with Crippen LogP contribution in [-0.2, 0) is 6.54 Å². The minimum Gasteiger partial charge on any atom is -0.356 e. The molecule has 0 atom stereocenters. The zero-order chi connectivity index (χ0) is 12.5. The monoisotopic (exact) mass is 230 g/mol. The quantitative estimate of drug-likeness (QED) is 0.610. The Kier molecular flexibility index (Phi) is 5.59. The number of aliphatic imine (C=N–C) groups is 1. The molecule has 4 heteroatoms. The summed E-state index contributed by atoms with van der Waals surface area (Å²) in [5, 5.41) is 15.1. The molecule has 0 bridgehead atoms. The van der Waals surface area contributed by atoms with Crippen LogP contribution in [0.2, 0.25) is 0 Å². The molecule has 0 spiro atoms. The molecule has 1 rings (SSSR count). The number of rotatable bonds is 4. The first-order valence-corrected chi connectivity index (χ1v) is 5.73. The van der Waals surface area contributed by atoms with Crippen molar-refractivity contribution in [2.45, 2.75) is 19.9 Å². The van der Waals surface area contributed by atoms with E-state index in [0.29, 0.717) is 12.1 Å². The number of guanidine groups is 1. The topological polar surface area (TPSA) is 60.2 Å². The van der Waals surface area contributed by atoms with E-state index in [0.717, 1.165) is 24.5 Å². The van der Waals surface area contributed by atoms with Gasteiger partial charge in [0.15, 0.2) is 5.96 Å². The van der Waals surface area contributed by atoms with Gasteiger partial charge in [-0.15, -0.1) is 0 Å². The van der Waals surface area contributed by atoms with Crippen molar-refractivity contribution < 1.29 is 0 Å². The van der Waals surface area contributed by atoms with Crippen molar-refractivity contribution in [2.24, 2.45) is 4.99 Å². The summed E-state index contributed by atoms with van der Waals surface area (Å²) >= 11 is 0. The zero-order valence-electron chi connectivity index (χ0n) is 10.3. The Morgan fingerprint density at radius 2 is 2.00 bits per heavy atom.